The smallest absolute Gasteiger partial charge is 0.193 e. The van der Waals surface area contributed by atoms with E-state index in [1.165, 1.54) is 4.80 Å². The predicted molar refractivity (Wildman–Crippen MR) is 146 cm³/mol. The van der Waals surface area contributed by atoms with Gasteiger partial charge in [-0.2, -0.15) is 0 Å². The first-order chi connectivity index (χ1) is 17.7. The number of aryl methyl sites for hydroxylation is 1. The number of phenolic OH excluding ortho intramolecular Hbond substituents is 1. The van der Waals surface area contributed by atoms with E-state index in [0.29, 0.717) is 17.6 Å². The number of phenols is 1. The average Bonchev–Trinajstić information content (AvgIpc) is 3.28. The molecule has 37 heavy (non-hydrogen) atoms. The lowest BCUT2D eigenvalue weighted by Gasteiger charge is -2.22. The minimum atomic E-state index is -0.217. The molecule has 2 N–H and O–H groups in total. The van der Waals surface area contributed by atoms with Crippen molar-refractivity contribution in [2.45, 2.75) is 39.5 Å². The first-order valence-corrected chi connectivity index (χ1v) is 12.4. The zero-order chi connectivity index (χ0) is 25.9. The number of benzene rings is 4. The second-order valence-corrected chi connectivity index (χ2v) is 10.7. The Morgan fingerprint density at radius 2 is 1.65 bits per heavy atom. The highest BCUT2D eigenvalue weighted by molar-refractivity contribution is 6.13. The largest absolute Gasteiger partial charge is 0.505 e. The van der Waals surface area contributed by atoms with Gasteiger partial charge in [0.25, 0.3) is 0 Å². The fourth-order valence-corrected chi connectivity index (χ4v) is 5.08. The third-order valence-electron chi connectivity index (χ3n) is 6.97. The fraction of sp³-hybridized carbons (Fsp3) is 0.194. The van der Waals surface area contributed by atoms with Crippen LogP contribution in [0.4, 0.5) is 11.4 Å². The SMILES string of the molecule is Cc1cc(-n2nc3ccc(Nc4cccc5c4Cc4ccccc4C5=O)cc3n2)c(O)c(C(C)(C)C)c1. The number of carbonyl (C=O) groups is 1. The molecule has 184 valence electrons. The van der Waals surface area contributed by atoms with Crippen LogP contribution in [0.15, 0.2) is 72.8 Å². The summed E-state index contributed by atoms with van der Waals surface area (Å²) in [5.41, 5.74) is 8.96. The Morgan fingerprint density at radius 3 is 2.46 bits per heavy atom. The summed E-state index contributed by atoms with van der Waals surface area (Å²) in [5, 5.41) is 23.9. The number of aromatic hydroxyl groups is 1. The van der Waals surface area contributed by atoms with Gasteiger partial charge in [0.1, 0.15) is 22.5 Å². The van der Waals surface area contributed by atoms with Crippen LogP contribution in [0, 0.1) is 6.92 Å². The predicted octanol–water partition coefficient (Wildman–Crippen LogP) is 6.61. The Labute approximate surface area is 215 Å². The van der Waals surface area contributed by atoms with Crippen LogP contribution < -0.4 is 5.32 Å². The van der Waals surface area contributed by atoms with Crippen molar-refractivity contribution in [3.05, 3.63) is 106 Å². The van der Waals surface area contributed by atoms with Crippen molar-refractivity contribution in [1.82, 2.24) is 15.0 Å². The van der Waals surface area contributed by atoms with Crippen molar-refractivity contribution in [3.8, 4) is 11.4 Å². The highest BCUT2D eigenvalue weighted by atomic mass is 16.3. The third-order valence-corrected chi connectivity index (χ3v) is 6.97. The lowest BCUT2D eigenvalue weighted by atomic mass is 9.84. The maximum Gasteiger partial charge on any atom is 0.193 e. The molecule has 0 aliphatic heterocycles. The molecular weight excluding hydrogens is 460 g/mol. The summed E-state index contributed by atoms with van der Waals surface area (Å²) in [6.07, 6.45) is 0.696. The number of nitrogens with one attached hydrogen (secondary N) is 1. The summed E-state index contributed by atoms with van der Waals surface area (Å²) in [7, 11) is 0. The molecule has 0 atom stereocenters. The summed E-state index contributed by atoms with van der Waals surface area (Å²) in [5.74, 6) is 0.254. The van der Waals surface area contributed by atoms with Gasteiger partial charge >= 0.3 is 0 Å². The van der Waals surface area contributed by atoms with Gasteiger partial charge in [0.05, 0.1) is 0 Å². The summed E-state index contributed by atoms with van der Waals surface area (Å²) in [6.45, 7) is 8.23. The number of ketones is 1. The summed E-state index contributed by atoms with van der Waals surface area (Å²) in [6, 6.07) is 23.3. The van der Waals surface area contributed by atoms with Crippen molar-refractivity contribution in [1.29, 1.82) is 0 Å². The first-order valence-electron chi connectivity index (χ1n) is 12.4. The van der Waals surface area contributed by atoms with Crippen LogP contribution in [-0.2, 0) is 11.8 Å². The Hall–Kier alpha value is -4.45. The Balaban J connectivity index is 1.36. The summed E-state index contributed by atoms with van der Waals surface area (Å²) in [4.78, 5) is 14.6. The number of aromatic nitrogens is 3. The van der Waals surface area contributed by atoms with Crippen LogP contribution in [0.25, 0.3) is 16.7 Å². The van der Waals surface area contributed by atoms with E-state index in [-0.39, 0.29) is 16.9 Å². The molecule has 6 nitrogen and oxygen atoms in total. The Kier molecular flexibility index (Phi) is 5.16. The van der Waals surface area contributed by atoms with E-state index in [1.807, 2.05) is 79.7 Å². The third kappa shape index (κ3) is 3.95. The normalized spacial score (nSPS) is 12.9. The zero-order valence-electron chi connectivity index (χ0n) is 21.3. The van der Waals surface area contributed by atoms with Crippen molar-refractivity contribution < 1.29 is 9.90 Å². The van der Waals surface area contributed by atoms with Crippen molar-refractivity contribution in [2.75, 3.05) is 5.32 Å². The van der Waals surface area contributed by atoms with E-state index in [2.05, 4.69) is 31.2 Å². The molecule has 0 unspecified atom stereocenters. The van der Waals surface area contributed by atoms with Gasteiger partial charge in [-0.25, -0.2) is 0 Å². The molecule has 4 aromatic carbocycles. The van der Waals surface area contributed by atoms with Gasteiger partial charge in [0.2, 0.25) is 0 Å². The van der Waals surface area contributed by atoms with Crippen LogP contribution >= 0.6 is 0 Å². The second-order valence-electron chi connectivity index (χ2n) is 10.7. The van der Waals surface area contributed by atoms with Gasteiger partial charge in [-0.05, 0) is 59.4 Å². The Morgan fingerprint density at radius 1 is 0.892 bits per heavy atom. The molecule has 5 aromatic rings. The topological polar surface area (TPSA) is 80.0 Å². The fourth-order valence-electron chi connectivity index (χ4n) is 5.08. The molecule has 0 bridgehead atoms. The number of hydrogen-bond acceptors (Lipinski definition) is 5. The lowest BCUT2D eigenvalue weighted by molar-refractivity contribution is 0.103. The molecule has 1 heterocycles. The van der Waals surface area contributed by atoms with E-state index in [9.17, 15) is 9.90 Å². The van der Waals surface area contributed by atoms with Gasteiger partial charge in [-0.1, -0.05) is 63.2 Å². The molecular formula is C31H28N4O2. The number of anilines is 2. The second kappa shape index (κ2) is 8.30. The van der Waals surface area contributed by atoms with Gasteiger partial charge in [0.15, 0.2) is 5.78 Å². The molecule has 6 heteroatoms. The van der Waals surface area contributed by atoms with Gasteiger partial charge < -0.3 is 10.4 Å². The van der Waals surface area contributed by atoms with E-state index in [4.69, 9.17) is 5.10 Å². The van der Waals surface area contributed by atoms with E-state index in [1.54, 1.807) is 0 Å². The number of carbonyl (C=O) groups excluding carboxylic acids is 1. The lowest BCUT2D eigenvalue weighted by Crippen LogP contribution is -2.16. The maximum atomic E-state index is 13.1. The molecule has 6 rings (SSSR count). The van der Waals surface area contributed by atoms with Crippen molar-refractivity contribution in [2.24, 2.45) is 0 Å². The van der Waals surface area contributed by atoms with E-state index < -0.39 is 0 Å². The van der Waals surface area contributed by atoms with E-state index in [0.717, 1.165) is 50.3 Å². The minimum absolute atomic E-state index is 0.0616. The van der Waals surface area contributed by atoms with Crippen LogP contribution in [0.3, 0.4) is 0 Å². The van der Waals surface area contributed by atoms with Crippen molar-refractivity contribution >= 4 is 28.2 Å². The molecule has 0 radical (unpaired) electrons. The highest BCUT2D eigenvalue weighted by Gasteiger charge is 2.25. The molecule has 0 fully saturated rings. The monoisotopic (exact) mass is 488 g/mol. The summed E-state index contributed by atoms with van der Waals surface area (Å²) >= 11 is 0. The van der Waals surface area contributed by atoms with E-state index >= 15 is 0 Å². The van der Waals surface area contributed by atoms with Crippen molar-refractivity contribution in [3.63, 3.8) is 0 Å². The average molecular weight is 489 g/mol. The standard InChI is InChI=1S/C31H28N4O2/c1-18-14-24(31(2,3)4)30(37)28(15-18)35-33-26-13-12-20(17-27(26)34-35)32-25-11-7-10-22-23(25)16-19-8-5-6-9-21(19)29(22)36/h5-15,17,32,37H,16H2,1-4H3. The molecule has 0 saturated heterocycles. The molecule has 0 saturated carbocycles. The number of fused-ring (bicyclic) bond motifs is 3. The van der Waals surface area contributed by atoms with Crippen LogP contribution in [0.2, 0.25) is 0 Å². The number of nitrogens with zero attached hydrogens (tertiary/aromatic N) is 3. The quantitative estimate of drug-likeness (QED) is 0.293. The van der Waals surface area contributed by atoms with Gasteiger partial charge in [-0.15, -0.1) is 15.0 Å². The van der Waals surface area contributed by atoms with Crippen LogP contribution in [0.5, 0.6) is 5.75 Å². The molecule has 0 spiro atoms. The van der Waals surface area contributed by atoms with Gasteiger partial charge in [0, 0.05) is 34.5 Å². The molecule has 1 aromatic heterocycles. The molecule has 1 aliphatic rings. The number of hydrogen-bond donors (Lipinski definition) is 2. The van der Waals surface area contributed by atoms with Crippen LogP contribution in [-0.4, -0.2) is 25.9 Å². The highest BCUT2D eigenvalue weighted by Crippen LogP contribution is 2.37. The molecule has 1 aliphatic carbocycles. The minimum Gasteiger partial charge on any atom is -0.505 e. The van der Waals surface area contributed by atoms with Gasteiger partial charge in [-0.3, -0.25) is 4.79 Å². The maximum absolute atomic E-state index is 13.1. The van der Waals surface area contributed by atoms with Crippen LogP contribution in [0.1, 0.15) is 58.9 Å². The molecule has 0 amide bonds. The Bertz CT molecular complexity index is 1710. The zero-order valence-corrected chi connectivity index (χ0v) is 21.3. The first kappa shape index (κ1) is 23.0. The number of rotatable bonds is 3. The summed E-state index contributed by atoms with van der Waals surface area (Å²) < 4.78 is 0.